The van der Waals surface area contributed by atoms with Crippen molar-refractivity contribution in [1.29, 1.82) is 0 Å². The van der Waals surface area contributed by atoms with Gasteiger partial charge in [-0.1, -0.05) is 11.6 Å². The van der Waals surface area contributed by atoms with Gasteiger partial charge >= 0.3 is 0 Å². The lowest BCUT2D eigenvalue weighted by molar-refractivity contribution is 0.0958. The van der Waals surface area contributed by atoms with Crippen molar-refractivity contribution in [1.82, 2.24) is 10.3 Å². The monoisotopic (exact) mass is 184 g/mol. The fourth-order valence-corrected chi connectivity index (χ4v) is 1.13. The summed E-state index contributed by atoms with van der Waals surface area (Å²) in [5.74, 6) is -0.264. The molecule has 0 saturated carbocycles. The SMILES string of the molecule is CNC(=O)c1ncc(C)cc1Cl. The molecule has 0 aliphatic carbocycles. The number of nitrogens with zero attached hydrogens (tertiary/aromatic N) is 1. The summed E-state index contributed by atoms with van der Waals surface area (Å²) < 4.78 is 0. The van der Waals surface area contributed by atoms with E-state index in [1.165, 1.54) is 0 Å². The molecule has 0 bridgehead atoms. The number of hydrogen-bond donors (Lipinski definition) is 1. The van der Waals surface area contributed by atoms with E-state index in [1.807, 2.05) is 6.92 Å². The van der Waals surface area contributed by atoms with Gasteiger partial charge < -0.3 is 5.32 Å². The average Bonchev–Trinajstić information content (AvgIpc) is 2.03. The van der Waals surface area contributed by atoms with Gasteiger partial charge in [-0.25, -0.2) is 4.98 Å². The Labute approximate surface area is 75.8 Å². The van der Waals surface area contributed by atoms with Crippen LogP contribution in [0.3, 0.4) is 0 Å². The third-order valence-electron chi connectivity index (χ3n) is 1.42. The van der Waals surface area contributed by atoms with Gasteiger partial charge in [-0.05, 0) is 18.6 Å². The Morgan fingerprint density at radius 3 is 2.83 bits per heavy atom. The van der Waals surface area contributed by atoms with Crippen LogP contribution in [0.1, 0.15) is 16.1 Å². The van der Waals surface area contributed by atoms with Crippen molar-refractivity contribution >= 4 is 17.5 Å². The minimum Gasteiger partial charge on any atom is -0.354 e. The zero-order valence-corrected chi connectivity index (χ0v) is 7.64. The molecule has 1 heterocycles. The van der Waals surface area contributed by atoms with Crippen LogP contribution in [0.2, 0.25) is 5.02 Å². The van der Waals surface area contributed by atoms with Gasteiger partial charge in [-0.2, -0.15) is 0 Å². The summed E-state index contributed by atoms with van der Waals surface area (Å²) in [6, 6.07) is 1.71. The molecule has 1 N–H and O–H groups in total. The quantitative estimate of drug-likeness (QED) is 0.717. The zero-order valence-electron chi connectivity index (χ0n) is 6.89. The molecule has 1 rings (SSSR count). The molecule has 0 spiro atoms. The number of hydrogen-bond acceptors (Lipinski definition) is 2. The number of carbonyl (C=O) groups excluding carboxylic acids is 1. The number of aromatic nitrogens is 1. The Morgan fingerprint density at radius 1 is 1.67 bits per heavy atom. The predicted octanol–water partition coefficient (Wildman–Crippen LogP) is 1.40. The second kappa shape index (κ2) is 3.54. The van der Waals surface area contributed by atoms with Crippen LogP contribution in [0, 0.1) is 6.92 Å². The maximum Gasteiger partial charge on any atom is 0.271 e. The van der Waals surface area contributed by atoms with E-state index in [0.29, 0.717) is 5.02 Å². The first-order valence-corrected chi connectivity index (χ1v) is 3.87. The largest absolute Gasteiger partial charge is 0.354 e. The molecule has 1 aromatic rings. The Morgan fingerprint density at radius 2 is 2.33 bits per heavy atom. The molecule has 0 atom stereocenters. The summed E-state index contributed by atoms with van der Waals surface area (Å²) in [5.41, 5.74) is 1.21. The van der Waals surface area contributed by atoms with E-state index < -0.39 is 0 Å². The Balaban J connectivity index is 3.09. The molecule has 1 aromatic heterocycles. The molecular formula is C8H9ClN2O. The summed E-state index contributed by atoms with van der Waals surface area (Å²) in [5, 5.41) is 2.84. The topological polar surface area (TPSA) is 42.0 Å². The van der Waals surface area contributed by atoms with Crippen LogP contribution in [-0.4, -0.2) is 17.9 Å². The second-order valence-electron chi connectivity index (χ2n) is 2.42. The van der Waals surface area contributed by atoms with E-state index in [1.54, 1.807) is 19.3 Å². The van der Waals surface area contributed by atoms with Gasteiger partial charge in [0.05, 0.1) is 5.02 Å². The lowest BCUT2D eigenvalue weighted by Crippen LogP contribution is -2.19. The highest BCUT2D eigenvalue weighted by Gasteiger charge is 2.09. The first kappa shape index (κ1) is 9.00. The maximum absolute atomic E-state index is 11.1. The lowest BCUT2D eigenvalue weighted by atomic mass is 10.2. The van der Waals surface area contributed by atoms with E-state index in [2.05, 4.69) is 10.3 Å². The molecule has 1 amide bonds. The number of amides is 1. The molecule has 0 aromatic carbocycles. The molecule has 12 heavy (non-hydrogen) atoms. The molecular weight excluding hydrogens is 176 g/mol. The summed E-state index contributed by atoms with van der Waals surface area (Å²) in [7, 11) is 1.54. The van der Waals surface area contributed by atoms with Crippen LogP contribution in [0.5, 0.6) is 0 Å². The van der Waals surface area contributed by atoms with Crippen LogP contribution in [0.4, 0.5) is 0 Å². The van der Waals surface area contributed by atoms with Crippen LogP contribution in [0.25, 0.3) is 0 Å². The minimum absolute atomic E-state index is 0.264. The third-order valence-corrected chi connectivity index (χ3v) is 1.71. The Bertz CT molecular complexity index is 312. The number of carbonyl (C=O) groups is 1. The van der Waals surface area contributed by atoms with E-state index >= 15 is 0 Å². The lowest BCUT2D eigenvalue weighted by Gasteiger charge is -2.01. The molecule has 0 unspecified atom stereocenters. The minimum atomic E-state index is -0.264. The van der Waals surface area contributed by atoms with Crippen LogP contribution in [0.15, 0.2) is 12.3 Å². The van der Waals surface area contributed by atoms with Gasteiger partial charge in [0.2, 0.25) is 0 Å². The smallest absolute Gasteiger partial charge is 0.271 e. The highest BCUT2D eigenvalue weighted by molar-refractivity contribution is 6.33. The van der Waals surface area contributed by atoms with Gasteiger partial charge in [0.25, 0.3) is 5.91 Å². The number of nitrogens with one attached hydrogen (secondary N) is 1. The van der Waals surface area contributed by atoms with Gasteiger partial charge in [0.15, 0.2) is 0 Å². The summed E-state index contributed by atoms with van der Waals surface area (Å²) in [4.78, 5) is 15.0. The van der Waals surface area contributed by atoms with Crippen molar-refractivity contribution < 1.29 is 4.79 Å². The predicted molar refractivity (Wildman–Crippen MR) is 47.4 cm³/mol. The molecule has 0 saturated heterocycles. The number of pyridine rings is 1. The highest BCUT2D eigenvalue weighted by atomic mass is 35.5. The van der Waals surface area contributed by atoms with E-state index in [0.717, 1.165) is 5.56 Å². The van der Waals surface area contributed by atoms with Crippen LogP contribution in [-0.2, 0) is 0 Å². The number of aryl methyl sites for hydroxylation is 1. The molecule has 0 radical (unpaired) electrons. The first-order valence-electron chi connectivity index (χ1n) is 3.49. The fourth-order valence-electron chi connectivity index (χ4n) is 0.819. The fraction of sp³-hybridized carbons (Fsp3) is 0.250. The van der Waals surface area contributed by atoms with Crippen molar-refractivity contribution in [3.05, 3.63) is 28.5 Å². The highest BCUT2D eigenvalue weighted by Crippen LogP contribution is 2.14. The van der Waals surface area contributed by atoms with Crippen molar-refractivity contribution in [2.75, 3.05) is 7.05 Å². The Hall–Kier alpha value is -1.09. The molecule has 0 aliphatic heterocycles. The van der Waals surface area contributed by atoms with Crippen LogP contribution < -0.4 is 5.32 Å². The molecule has 0 aliphatic rings. The van der Waals surface area contributed by atoms with Crippen LogP contribution >= 0.6 is 11.6 Å². The van der Waals surface area contributed by atoms with Crippen molar-refractivity contribution in [2.45, 2.75) is 6.92 Å². The summed E-state index contributed by atoms with van der Waals surface area (Å²) >= 11 is 5.78. The van der Waals surface area contributed by atoms with E-state index in [4.69, 9.17) is 11.6 Å². The Kier molecular flexibility index (Phi) is 2.65. The van der Waals surface area contributed by atoms with Gasteiger partial charge in [0.1, 0.15) is 5.69 Å². The van der Waals surface area contributed by atoms with Gasteiger partial charge in [-0.3, -0.25) is 4.79 Å². The normalized spacial score (nSPS) is 9.58. The number of halogens is 1. The molecule has 64 valence electrons. The van der Waals surface area contributed by atoms with E-state index in [9.17, 15) is 4.79 Å². The zero-order chi connectivity index (χ0) is 9.14. The van der Waals surface area contributed by atoms with Crippen molar-refractivity contribution in [3.63, 3.8) is 0 Å². The number of rotatable bonds is 1. The van der Waals surface area contributed by atoms with E-state index in [-0.39, 0.29) is 11.6 Å². The molecule has 4 heteroatoms. The van der Waals surface area contributed by atoms with Crippen molar-refractivity contribution in [2.24, 2.45) is 0 Å². The molecule has 3 nitrogen and oxygen atoms in total. The molecule has 0 fully saturated rings. The average molecular weight is 185 g/mol. The summed E-state index contributed by atoms with van der Waals surface area (Å²) in [6.45, 7) is 1.87. The second-order valence-corrected chi connectivity index (χ2v) is 2.83. The first-order chi connectivity index (χ1) is 5.65. The van der Waals surface area contributed by atoms with Gasteiger partial charge in [0, 0.05) is 13.2 Å². The third kappa shape index (κ3) is 1.74. The summed E-state index contributed by atoms with van der Waals surface area (Å²) in [6.07, 6.45) is 1.61. The maximum atomic E-state index is 11.1. The van der Waals surface area contributed by atoms with Crippen molar-refractivity contribution in [3.8, 4) is 0 Å². The standard InChI is InChI=1S/C8H9ClN2O/c1-5-3-6(9)7(11-4-5)8(12)10-2/h3-4H,1-2H3,(H,10,12). The van der Waals surface area contributed by atoms with Gasteiger partial charge in [-0.15, -0.1) is 0 Å².